The third-order valence-corrected chi connectivity index (χ3v) is 4.90. The van der Waals surface area contributed by atoms with Crippen molar-refractivity contribution in [3.63, 3.8) is 0 Å². The first-order valence-electron chi connectivity index (χ1n) is 9.53. The predicted octanol–water partition coefficient (Wildman–Crippen LogP) is 3.86. The van der Waals surface area contributed by atoms with Gasteiger partial charge in [0.05, 0.1) is 5.57 Å². The molecule has 0 saturated heterocycles. The minimum Gasteiger partial charge on any atom is -0.350 e. The number of rotatable bonds is 5. The van der Waals surface area contributed by atoms with Crippen LogP contribution in [0.1, 0.15) is 37.5 Å². The molecular formula is C23H25N3O3. The smallest absolute Gasteiger partial charge is 0.278 e. The number of imide groups is 1. The van der Waals surface area contributed by atoms with Crippen molar-refractivity contribution >= 4 is 34.7 Å². The zero-order valence-electron chi connectivity index (χ0n) is 17.3. The number of nitrogens with one attached hydrogen (secondary N) is 2. The second-order valence-electron chi connectivity index (χ2n) is 7.51. The van der Waals surface area contributed by atoms with E-state index in [9.17, 15) is 14.4 Å². The van der Waals surface area contributed by atoms with E-state index in [2.05, 4.69) is 10.6 Å². The fourth-order valence-electron chi connectivity index (χ4n) is 3.28. The van der Waals surface area contributed by atoms with E-state index in [4.69, 9.17) is 0 Å². The van der Waals surface area contributed by atoms with Crippen LogP contribution in [-0.4, -0.2) is 28.7 Å². The van der Waals surface area contributed by atoms with Gasteiger partial charge in [-0.1, -0.05) is 18.2 Å². The summed E-state index contributed by atoms with van der Waals surface area (Å²) >= 11 is 0. The summed E-state index contributed by atoms with van der Waals surface area (Å²) in [6, 6.07) is 12.5. The first-order valence-corrected chi connectivity index (χ1v) is 9.53. The molecule has 0 unspecified atom stereocenters. The summed E-state index contributed by atoms with van der Waals surface area (Å²) in [5, 5.41) is 5.83. The summed E-state index contributed by atoms with van der Waals surface area (Å²) < 4.78 is 0. The Morgan fingerprint density at radius 3 is 2.07 bits per heavy atom. The van der Waals surface area contributed by atoms with Gasteiger partial charge < -0.3 is 10.6 Å². The van der Waals surface area contributed by atoms with Crippen molar-refractivity contribution < 1.29 is 14.4 Å². The predicted molar refractivity (Wildman–Crippen MR) is 114 cm³/mol. The number of anilines is 2. The zero-order valence-corrected chi connectivity index (χ0v) is 17.3. The number of benzene rings is 2. The van der Waals surface area contributed by atoms with E-state index in [0.29, 0.717) is 22.5 Å². The number of carbonyl (C=O) groups excluding carboxylic acids is 3. The number of hydrogen-bond acceptors (Lipinski definition) is 4. The van der Waals surface area contributed by atoms with Crippen LogP contribution in [0, 0.1) is 13.8 Å². The van der Waals surface area contributed by atoms with E-state index in [1.165, 1.54) is 11.8 Å². The maximum Gasteiger partial charge on any atom is 0.278 e. The molecule has 1 aliphatic heterocycles. The van der Waals surface area contributed by atoms with Gasteiger partial charge in [-0.2, -0.15) is 0 Å². The summed E-state index contributed by atoms with van der Waals surface area (Å²) in [6.07, 6.45) is 0. The van der Waals surface area contributed by atoms with Crippen molar-refractivity contribution in [2.75, 3.05) is 10.6 Å². The Balaban J connectivity index is 2.03. The van der Waals surface area contributed by atoms with E-state index in [0.717, 1.165) is 11.1 Å². The molecule has 2 aromatic rings. The van der Waals surface area contributed by atoms with Gasteiger partial charge in [-0.05, 0) is 68.7 Å². The lowest BCUT2D eigenvalue weighted by Gasteiger charge is -2.19. The van der Waals surface area contributed by atoms with Gasteiger partial charge in [0.25, 0.3) is 11.8 Å². The van der Waals surface area contributed by atoms with E-state index in [1.807, 2.05) is 45.9 Å². The Morgan fingerprint density at radius 2 is 1.52 bits per heavy atom. The van der Waals surface area contributed by atoms with Gasteiger partial charge >= 0.3 is 0 Å². The Kier molecular flexibility index (Phi) is 5.55. The van der Waals surface area contributed by atoms with Gasteiger partial charge in [-0.25, -0.2) is 0 Å². The van der Waals surface area contributed by atoms with Crippen LogP contribution in [0.15, 0.2) is 48.2 Å². The quantitative estimate of drug-likeness (QED) is 0.759. The molecule has 6 heteroatoms. The monoisotopic (exact) mass is 391 g/mol. The normalized spacial score (nSPS) is 14.1. The second-order valence-corrected chi connectivity index (χ2v) is 7.51. The van der Waals surface area contributed by atoms with Crippen LogP contribution in [0.4, 0.5) is 11.4 Å². The fraction of sp³-hybridized carbons (Fsp3) is 0.261. The SMILES string of the molecule is CC(=O)Nc1ccc(NC2=C(c3ccc(C)c(C)c3)C(=O)N(C(C)C)C2=O)cc1. The third kappa shape index (κ3) is 4.06. The van der Waals surface area contributed by atoms with E-state index in [1.54, 1.807) is 24.3 Å². The van der Waals surface area contributed by atoms with Crippen LogP contribution in [0.2, 0.25) is 0 Å². The van der Waals surface area contributed by atoms with E-state index < -0.39 is 0 Å². The van der Waals surface area contributed by atoms with E-state index in [-0.39, 0.29) is 29.5 Å². The second kappa shape index (κ2) is 7.91. The highest BCUT2D eigenvalue weighted by atomic mass is 16.2. The number of amides is 3. The van der Waals surface area contributed by atoms with Crippen LogP contribution in [0.5, 0.6) is 0 Å². The molecule has 1 heterocycles. The molecule has 0 bridgehead atoms. The first-order chi connectivity index (χ1) is 13.7. The molecule has 0 saturated carbocycles. The van der Waals surface area contributed by atoms with Crippen molar-refractivity contribution in [1.29, 1.82) is 0 Å². The summed E-state index contributed by atoms with van der Waals surface area (Å²) in [4.78, 5) is 38.6. The molecule has 0 aliphatic carbocycles. The maximum absolute atomic E-state index is 13.1. The van der Waals surface area contributed by atoms with Gasteiger partial charge in [-0.3, -0.25) is 19.3 Å². The van der Waals surface area contributed by atoms with Crippen LogP contribution in [-0.2, 0) is 14.4 Å². The molecule has 2 N–H and O–H groups in total. The van der Waals surface area contributed by atoms with Gasteiger partial charge in [-0.15, -0.1) is 0 Å². The van der Waals surface area contributed by atoms with Crippen LogP contribution >= 0.6 is 0 Å². The zero-order chi connectivity index (χ0) is 21.3. The molecule has 2 aromatic carbocycles. The molecule has 150 valence electrons. The highest BCUT2D eigenvalue weighted by molar-refractivity contribution is 6.36. The van der Waals surface area contributed by atoms with Gasteiger partial charge in [0.2, 0.25) is 5.91 Å². The molecular weight excluding hydrogens is 366 g/mol. The molecule has 0 radical (unpaired) electrons. The largest absolute Gasteiger partial charge is 0.350 e. The maximum atomic E-state index is 13.1. The third-order valence-electron chi connectivity index (χ3n) is 4.90. The van der Waals surface area contributed by atoms with Crippen molar-refractivity contribution in [1.82, 2.24) is 4.90 Å². The Bertz CT molecular complexity index is 1020. The number of nitrogens with zero attached hydrogens (tertiary/aromatic N) is 1. The number of aryl methyl sites for hydroxylation is 2. The van der Waals surface area contributed by atoms with Gasteiger partial charge in [0, 0.05) is 24.3 Å². The Morgan fingerprint density at radius 1 is 0.897 bits per heavy atom. The van der Waals surface area contributed by atoms with Gasteiger partial charge in [0.1, 0.15) is 5.70 Å². The summed E-state index contributed by atoms with van der Waals surface area (Å²) in [6.45, 7) is 9.06. The topological polar surface area (TPSA) is 78.5 Å². The van der Waals surface area contributed by atoms with Crippen LogP contribution in [0.25, 0.3) is 5.57 Å². The molecule has 6 nitrogen and oxygen atoms in total. The molecule has 3 rings (SSSR count). The minimum atomic E-state index is -0.343. The summed E-state index contributed by atoms with van der Waals surface area (Å²) in [5.41, 5.74) is 4.84. The summed E-state index contributed by atoms with van der Waals surface area (Å²) in [7, 11) is 0. The Hall–Kier alpha value is -3.41. The lowest BCUT2D eigenvalue weighted by atomic mass is 9.99. The van der Waals surface area contributed by atoms with Crippen molar-refractivity contribution in [2.45, 2.75) is 40.7 Å². The van der Waals surface area contributed by atoms with Gasteiger partial charge in [0.15, 0.2) is 0 Å². The van der Waals surface area contributed by atoms with Crippen molar-refractivity contribution in [3.8, 4) is 0 Å². The average molecular weight is 391 g/mol. The summed E-state index contributed by atoms with van der Waals surface area (Å²) in [5.74, 6) is -0.802. The number of hydrogen-bond donors (Lipinski definition) is 2. The van der Waals surface area contributed by atoms with Crippen LogP contribution < -0.4 is 10.6 Å². The van der Waals surface area contributed by atoms with Crippen LogP contribution in [0.3, 0.4) is 0 Å². The lowest BCUT2D eigenvalue weighted by molar-refractivity contribution is -0.138. The lowest BCUT2D eigenvalue weighted by Crippen LogP contribution is -2.38. The highest BCUT2D eigenvalue weighted by Gasteiger charge is 2.40. The molecule has 0 aromatic heterocycles. The van der Waals surface area contributed by atoms with Crippen molar-refractivity contribution in [3.05, 3.63) is 64.9 Å². The molecule has 29 heavy (non-hydrogen) atoms. The fourth-order valence-corrected chi connectivity index (χ4v) is 3.28. The molecule has 0 fully saturated rings. The Labute approximate surface area is 170 Å². The molecule has 0 atom stereocenters. The average Bonchev–Trinajstić information content (AvgIpc) is 2.89. The molecule has 1 aliphatic rings. The first kappa shape index (κ1) is 20.3. The highest BCUT2D eigenvalue weighted by Crippen LogP contribution is 2.32. The molecule has 3 amide bonds. The van der Waals surface area contributed by atoms with Crippen molar-refractivity contribution in [2.24, 2.45) is 0 Å². The standard InChI is InChI=1S/C23H25N3O3/c1-13(2)26-22(28)20(17-7-6-14(3)15(4)12-17)21(23(26)29)25-19-10-8-18(9-11-19)24-16(5)27/h6-13,25H,1-5H3,(H,24,27). The molecule has 0 spiro atoms. The number of carbonyl (C=O) groups is 3. The minimum absolute atomic E-state index is 0.158. The van der Waals surface area contributed by atoms with E-state index >= 15 is 0 Å².